The lowest BCUT2D eigenvalue weighted by Crippen LogP contribution is -2.30. The van der Waals surface area contributed by atoms with Gasteiger partial charge >= 0.3 is 7.12 Å². The molecule has 2 N–H and O–H groups in total. The molecule has 0 saturated carbocycles. The molecule has 0 radical (unpaired) electrons. The van der Waals surface area contributed by atoms with Gasteiger partial charge in [0.1, 0.15) is 0 Å². The van der Waals surface area contributed by atoms with Crippen LogP contribution in [0, 0.1) is 13.8 Å². The summed E-state index contributed by atoms with van der Waals surface area (Å²) in [6, 6.07) is 3.28. The normalized spacial score (nSPS) is 10.1. The minimum atomic E-state index is -1.44. The number of aryl methyl sites for hydroxylation is 1. The van der Waals surface area contributed by atoms with Gasteiger partial charge in [0, 0.05) is 5.02 Å². The zero-order chi connectivity index (χ0) is 9.30. The summed E-state index contributed by atoms with van der Waals surface area (Å²) in [4.78, 5) is 0. The highest BCUT2D eigenvalue weighted by Crippen LogP contribution is 2.16. The molecule has 0 aliphatic heterocycles. The van der Waals surface area contributed by atoms with Crippen LogP contribution in [-0.4, -0.2) is 17.2 Å². The smallest absolute Gasteiger partial charge is 0.423 e. The summed E-state index contributed by atoms with van der Waals surface area (Å²) in [7, 11) is -1.44. The molecule has 1 rings (SSSR count). The Balaban J connectivity index is 3.21. The molecule has 0 saturated heterocycles. The third-order valence-electron chi connectivity index (χ3n) is 1.92. The lowest BCUT2D eigenvalue weighted by atomic mass is 9.79. The average molecular weight is 184 g/mol. The summed E-state index contributed by atoms with van der Waals surface area (Å²) in [5, 5.41) is 18.3. The zero-order valence-corrected chi connectivity index (χ0v) is 7.76. The standard InChI is InChI=1S/C8H10BClO2/c1-5-3-7(9(11)12)4-8(10)6(5)2/h3-4,11-12H,1-2H3. The van der Waals surface area contributed by atoms with E-state index < -0.39 is 7.12 Å². The monoisotopic (exact) mass is 184 g/mol. The van der Waals surface area contributed by atoms with Crippen LogP contribution in [-0.2, 0) is 0 Å². The van der Waals surface area contributed by atoms with Gasteiger partial charge in [-0.05, 0) is 36.5 Å². The van der Waals surface area contributed by atoms with Gasteiger partial charge in [0.25, 0.3) is 0 Å². The van der Waals surface area contributed by atoms with E-state index >= 15 is 0 Å². The van der Waals surface area contributed by atoms with E-state index in [1.165, 1.54) is 0 Å². The Morgan fingerprint density at radius 2 is 1.83 bits per heavy atom. The van der Waals surface area contributed by atoms with Gasteiger partial charge in [-0.25, -0.2) is 0 Å². The quantitative estimate of drug-likeness (QED) is 0.629. The fourth-order valence-corrected chi connectivity index (χ4v) is 1.27. The summed E-state index contributed by atoms with van der Waals surface area (Å²) >= 11 is 5.84. The van der Waals surface area contributed by atoms with Crippen LogP contribution < -0.4 is 5.46 Å². The Morgan fingerprint density at radius 3 is 2.25 bits per heavy atom. The van der Waals surface area contributed by atoms with Crippen molar-refractivity contribution in [3.8, 4) is 0 Å². The molecule has 1 aromatic carbocycles. The van der Waals surface area contributed by atoms with E-state index in [0.29, 0.717) is 10.5 Å². The van der Waals surface area contributed by atoms with Crippen LogP contribution in [0.25, 0.3) is 0 Å². The molecule has 0 heterocycles. The van der Waals surface area contributed by atoms with Crippen LogP contribution in [0.3, 0.4) is 0 Å². The molecule has 0 spiro atoms. The molecule has 0 atom stereocenters. The fourth-order valence-electron chi connectivity index (χ4n) is 0.992. The number of hydrogen-bond donors (Lipinski definition) is 2. The third kappa shape index (κ3) is 1.80. The Morgan fingerprint density at radius 1 is 1.25 bits per heavy atom. The molecule has 0 aliphatic carbocycles. The van der Waals surface area contributed by atoms with Crippen molar-refractivity contribution in [1.29, 1.82) is 0 Å². The number of hydrogen-bond acceptors (Lipinski definition) is 2. The minimum Gasteiger partial charge on any atom is -0.423 e. The van der Waals surface area contributed by atoms with Crippen LogP contribution >= 0.6 is 11.6 Å². The van der Waals surface area contributed by atoms with Gasteiger partial charge in [0.2, 0.25) is 0 Å². The largest absolute Gasteiger partial charge is 0.488 e. The van der Waals surface area contributed by atoms with Crippen molar-refractivity contribution >= 4 is 24.2 Å². The second-order valence-electron chi connectivity index (χ2n) is 2.82. The van der Waals surface area contributed by atoms with Crippen LogP contribution in [0.5, 0.6) is 0 Å². The van der Waals surface area contributed by atoms with E-state index in [-0.39, 0.29) is 0 Å². The van der Waals surface area contributed by atoms with Gasteiger partial charge < -0.3 is 10.0 Å². The molecule has 64 valence electrons. The maximum absolute atomic E-state index is 8.86. The third-order valence-corrected chi connectivity index (χ3v) is 2.32. The number of halogens is 1. The lowest BCUT2D eigenvalue weighted by molar-refractivity contribution is 0.425. The average Bonchev–Trinajstić information content (AvgIpc) is 1.99. The first-order valence-electron chi connectivity index (χ1n) is 3.65. The molecule has 1 aromatic rings. The van der Waals surface area contributed by atoms with Crippen LogP contribution in [0.2, 0.25) is 5.02 Å². The van der Waals surface area contributed by atoms with E-state index in [9.17, 15) is 0 Å². The topological polar surface area (TPSA) is 40.5 Å². The van der Waals surface area contributed by atoms with Crippen molar-refractivity contribution in [3.05, 3.63) is 28.3 Å². The van der Waals surface area contributed by atoms with Crippen molar-refractivity contribution in [2.45, 2.75) is 13.8 Å². The predicted octanol–water partition coefficient (Wildman–Crippen LogP) is 0.637. The first-order valence-corrected chi connectivity index (χ1v) is 4.03. The van der Waals surface area contributed by atoms with Crippen molar-refractivity contribution in [1.82, 2.24) is 0 Å². The van der Waals surface area contributed by atoms with Gasteiger partial charge in [-0.15, -0.1) is 0 Å². The molecule has 0 aliphatic rings. The van der Waals surface area contributed by atoms with Gasteiger partial charge in [-0.3, -0.25) is 0 Å². The van der Waals surface area contributed by atoms with Gasteiger partial charge in [-0.2, -0.15) is 0 Å². The minimum absolute atomic E-state index is 0.433. The molecule has 0 fully saturated rings. The highest BCUT2D eigenvalue weighted by Gasteiger charge is 2.13. The highest BCUT2D eigenvalue weighted by atomic mass is 35.5. The highest BCUT2D eigenvalue weighted by molar-refractivity contribution is 6.59. The zero-order valence-electron chi connectivity index (χ0n) is 7.00. The predicted molar refractivity (Wildman–Crippen MR) is 50.8 cm³/mol. The molecule has 0 aromatic heterocycles. The van der Waals surface area contributed by atoms with Crippen molar-refractivity contribution in [3.63, 3.8) is 0 Å². The van der Waals surface area contributed by atoms with Gasteiger partial charge in [0.15, 0.2) is 0 Å². The summed E-state index contributed by atoms with van der Waals surface area (Å²) in [6.07, 6.45) is 0. The van der Waals surface area contributed by atoms with Crippen molar-refractivity contribution in [2.75, 3.05) is 0 Å². The van der Waals surface area contributed by atoms with Crippen molar-refractivity contribution in [2.24, 2.45) is 0 Å². The van der Waals surface area contributed by atoms with Crippen LogP contribution in [0.15, 0.2) is 12.1 Å². The number of benzene rings is 1. The van der Waals surface area contributed by atoms with E-state index in [1.807, 2.05) is 13.8 Å². The maximum Gasteiger partial charge on any atom is 0.488 e. The fraction of sp³-hybridized carbons (Fsp3) is 0.250. The Hall–Kier alpha value is -0.505. The molecular formula is C8H10BClO2. The first kappa shape index (κ1) is 9.58. The molecule has 0 bridgehead atoms. The Labute approximate surface area is 76.9 Å². The molecular weight excluding hydrogens is 174 g/mol. The van der Waals surface area contributed by atoms with E-state index in [1.54, 1.807) is 12.1 Å². The van der Waals surface area contributed by atoms with E-state index in [2.05, 4.69) is 0 Å². The lowest BCUT2D eigenvalue weighted by Gasteiger charge is -2.06. The molecule has 0 amide bonds. The molecule has 4 heteroatoms. The second-order valence-corrected chi connectivity index (χ2v) is 3.23. The summed E-state index contributed by atoms with van der Waals surface area (Å²) in [6.45, 7) is 3.78. The molecule has 12 heavy (non-hydrogen) atoms. The Bertz CT molecular complexity index is 276. The van der Waals surface area contributed by atoms with Crippen LogP contribution in [0.4, 0.5) is 0 Å². The number of rotatable bonds is 1. The van der Waals surface area contributed by atoms with Gasteiger partial charge in [-0.1, -0.05) is 17.7 Å². The summed E-state index contributed by atoms with van der Waals surface area (Å²) < 4.78 is 0. The van der Waals surface area contributed by atoms with Crippen molar-refractivity contribution < 1.29 is 10.0 Å². The SMILES string of the molecule is Cc1cc(B(O)O)cc(Cl)c1C. The summed E-state index contributed by atoms with van der Waals surface area (Å²) in [5.41, 5.74) is 2.37. The summed E-state index contributed by atoms with van der Waals surface area (Å²) in [5.74, 6) is 0. The molecule has 2 nitrogen and oxygen atoms in total. The van der Waals surface area contributed by atoms with E-state index in [0.717, 1.165) is 11.1 Å². The van der Waals surface area contributed by atoms with Crippen LogP contribution in [0.1, 0.15) is 11.1 Å². The first-order chi connectivity index (χ1) is 5.52. The molecule has 0 unspecified atom stereocenters. The van der Waals surface area contributed by atoms with E-state index in [4.69, 9.17) is 21.6 Å². The maximum atomic E-state index is 8.86. The second kappa shape index (κ2) is 3.48. The Kier molecular flexibility index (Phi) is 2.78. The van der Waals surface area contributed by atoms with Gasteiger partial charge in [0.05, 0.1) is 0 Å².